The van der Waals surface area contributed by atoms with Gasteiger partial charge in [0.05, 0.1) is 7.11 Å². The van der Waals surface area contributed by atoms with E-state index in [1.54, 1.807) is 31.6 Å². The number of anilines is 1. The zero-order chi connectivity index (χ0) is 21.1. The molecule has 0 aliphatic carbocycles. The van der Waals surface area contributed by atoms with Crippen LogP contribution in [0.3, 0.4) is 0 Å². The number of piperazine rings is 1. The van der Waals surface area contributed by atoms with Crippen molar-refractivity contribution in [1.82, 2.24) is 14.9 Å². The molecule has 0 bridgehead atoms. The average molecular weight is 408 g/mol. The molecule has 1 fully saturated rings. The highest BCUT2D eigenvalue weighted by Gasteiger charge is 2.23. The van der Waals surface area contributed by atoms with Gasteiger partial charge in [-0.3, -0.25) is 4.79 Å². The molecule has 1 amide bonds. The topological polar surface area (TPSA) is 88.8 Å². The zero-order valence-electron chi connectivity index (χ0n) is 17.1. The van der Waals surface area contributed by atoms with Crippen molar-refractivity contribution in [1.29, 1.82) is 0 Å². The first-order chi connectivity index (χ1) is 14.6. The summed E-state index contributed by atoms with van der Waals surface area (Å²) in [4.78, 5) is 37.6. The van der Waals surface area contributed by atoms with E-state index in [4.69, 9.17) is 9.15 Å². The minimum atomic E-state index is -0.396. The van der Waals surface area contributed by atoms with Gasteiger partial charge in [-0.05, 0) is 37.1 Å². The van der Waals surface area contributed by atoms with Crippen molar-refractivity contribution in [3.05, 3.63) is 58.2 Å². The van der Waals surface area contributed by atoms with Crippen LogP contribution in [0.15, 0.2) is 45.9 Å². The van der Waals surface area contributed by atoms with E-state index < -0.39 is 5.63 Å². The minimum Gasteiger partial charge on any atom is -0.497 e. The van der Waals surface area contributed by atoms with Gasteiger partial charge in [0.2, 0.25) is 11.9 Å². The summed E-state index contributed by atoms with van der Waals surface area (Å²) in [6.07, 6.45) is 4.06. The first kappa shape index (κ1) is 19.9. The van der Waals surface area contributed by atoms with Crippen LogP contribution in [-0.2, 0) is 11.2 Å². The fourth-order valence-electron chi connectivity index (χ4n) is 3.79. The van der Waals surface area contributed by atoms with Gasteiger partial charge in [0, 0.05) is 62.0 Å². The molecule has 0 N–H and O–H groups in total. The first-order valence-electron chi connectivity index (χ1n) is 9.97. The lowest BCUT2D eigenvalue weighted by Crippen LogP contribution is -2.49. The maximum atomic E-state index is 12.7. The summed E-state index contributed by atoms with van der Waals surface area (Å²) in [6, 6.07) is 7.20. The van der Waals surface area contributed by atoms with Crippen molar-refractivity contribution in [3.8, 4) is 5.75 Å². The number of hydrogen-bond donors (Lipinski definition) is 0. The summed E-state index contributed by atoms with van der Waals surface area (Å²) in [6.45, 7) is 4.50. The third-order valence-electron chi connectivity index (χ3n) is 5.55. The van der Waals surface area contributed by atoms with E-state index in [0.29, 0.717) is 55.4 Å². The molecule has 3 aromatic rings. The molecule has 1 aromatic carbocycles. The van der Waals surface area contributed by atoms with Crippen molar-refractivity contribution in [2.45, 2.75) is 19.8 Å². The molecule has 1 aliphatic rings. The van der Waals surface area contributed by atoms with Crippen LogP contribution in [0.5, 0.6) is 5.75 Å². The lowest BCUT2D eigenvalue weighted by Gasteiger charge is -2.34. The predicted molar refractivity (Wildman–Crippen MR) is 113 cm³/mol. The highest BCUT2D eigenvalue weighted by Crippen LogP contribution is 2.24. The second kappa shape index (κ2) is 8.52. The van der Waals surface area contributed by atoms with Gasteiger partial charge < -0.3 is 19.0 Å². The van der Waals surface area contributed by atoms with E-state index in [9.17, 15) is 9.59 Å². The molecular formula is C22H24N4O4. The predicted octanol–water partition coefficient (Wildman–Crippen LogP) is 2.18. The van der Waals surface area contributed by atoms with Crippen LogP contribution in [0.25, 0.3) is 11.0 Å². The smallest absolute Gasteiger partial charge is 0.339 e. The quantitative estimate of drug-likeness (QED) is 0.598. The second-order valence-corrected chi connectivity index (χ2v) is 7.27. The van der Waals surface area contributed by atoms with Crippen LogP contribution >= 0.6 is 0 Å². The highest BCUT2D eigenvalue weighted by molar-refractivity contribution is 5.83. The number of aryl methyl sites for hydroxylation is 1. The number of nitrogens with zero attached hydrogens (tertiary/aromatic N) is 4. The number of ether oxygens (including phenoxy) is 1. The van der Waals surface area contributed by atoms with E-state index >= 15 is 0 Å². The van der Waals surface area contributed by atoms with Gasteiger partial charge >= 0.3 is 5.63 Å². The number of fused-ring (bicyclic) bond motifs is 1. The Morgan fingerprint density at radius 1 is 1.17 bits per heavy atom. The summed E-state index contributed by atoms with van der Waals surface area (Å²) in [7, 11) is 1.57. The van der Waals surface area contributed by atoms with Crippen LogP contribution in [-0.4, -0.2) is 54.1 Å². The van der Waals surface area contributed by atoms with Crippen LogP contribution in [0.2, 0.25) is 0 Å². The lowest BCUT2D eigenvalue weighted by molar-refractivity contribution is -0.131. The number of benzene rings is 1. The van der Waals surface area contributed by atoms with E-state index in [1.165, 1.54) is 0 Å². The number of methoxy groups -OCH3 is 1. The molecular weight excluding hydrogens is 384 g/mol. The van der Waals surface area contributed by atoms with Crippen molar-refractivity contribution in [2.24, 2.45) is 0 Å². The van der Waals surface area contributed by atoms with Crippen molar-refractivity contribution >= 4 is 22.8 Å². The van der Waals surface area contributed by atoms with Gasteiger partial charge in [-0.2, -0.15) is 0 Å². The molecule has 2 aromatic heterocycles. The molecule has 30 heavy (non-hydrogen) atoms. The second-order valence-electron chi connectivity index (χ2n) is 7.27. The van der Waals surface area contributed by atoms with Crippen LogP contribution in [0, 0.1) is 6.92 Å². The van der Waals surface area contributed by atoms with Crippen molar-refractivity contribution in [3.63, 3.8) is 0 Å². The number of hydrogen-bond acceptors (Lipinski definition) is 7. The maximum absolute atomic E-state index is 12.7. The fraction of sp³-hybridized carbons (Fsp3) is 0.364. The highest BCUT2D eigenvalue weighted by atomic mass is 16.5. The number of carbonyl (C=O) groups excluding carboxylic acids is 1. The van der Waals surface area contributed by atoms with Gasteiger partial charge in [-0.15, -0.1) is 0 Å². The molecule has 1 saturated heterocycles. The zero-order valence-corrected chi connectivity index (χ0v) is 17.1. The Hall–Kier alpha value is -3.42. The summed E-state index contributed by atoms with van der Waals surface area (Å²) in [5.74, 6) is 1.36. The number of rotatable bonds is 5. The molecule has 0 spiro atoms. The third kappa shape index (κ3) is 3.98. The standard InChI is InChI=1S/C22H24N4O4/c1-15-17-5-4-16(29-2)14-19(17)30-21(28)18(15)6-7-20(27)25-10-12-26(13-11-25)22-23-8-3-9-24-22/h3-5,8-9,14H,6-7,10-13H2,1-2H3. The van der Waals surface area contributed by atoms with E-state index in [2.05, 4.69) is 14.9 Å². The summed E-state index contributed by atoms with van der Waals surface area (Å²) < 4.78 is 10.7. The Kier molecular flexibility index (Phi) is 5.65. The monoisotopic (exact) mass is 408 g/mol. The first-order valence-corrected chi connectivity index (χ1v) is 9.97. The molecule has 8 heteroatoms. The van der Waals surface area contributed by atoms with Crippen LogP contribution in [0.4, 0.5) is 5.95 Å². The fourth-order valence-corrected chi connectivity index (χ4v) is 3.79. The Labute approximate surface area is 174 Å². The summed E-state index contributed by atoms with van der Waals surface area (Å²) in [5.41, 5.74) is 1.50. The number of amides is 1. The number of carbonyl (C=O) groups is 1. The molecule has 0 saturated carbocycles. The van der Waals surface area contributed by atoms with Gasteiger partial charge in [-0.25, -0.2) is 14.8 Å². The summed E-state index contributed by atoms with van der Waals surface area (Å²) in [5, 5.41) is 0.856. The Balaban J connectivity index is 1.41. The molecule has 0 unspecified atom stereocenters. The molecule has 8 nitrogen and oxygen atoms in total. The normalized spacial score (nSPS) is 14.2. The SMILES string of the molecule is COc1ccc2c(C)c(CCC(=O)N3CCN(c4ncccn4)CC3)c(=O)oc2c1. The van der Waals surface area contributed by atoms with Crippen LogP contribution < -0.4 is 15.3 Å². The van der Waals surface area contributed by atoms with Gasteiger partial charge in [0.15, 0.2) is 0 Å². The molecule has 3 heterocycles. The average Bonchev–Trinajstić information content (AvgIpc) is 2.79. The largest absolute Gasteiger partial charge is 0.497 e. The number of aromatic nitrogens is 2. The summed E-state index contributed by atoms with van der Waals surface area (Å²) >= 11 is 0. The minimum absolute atomic E-state index is 0.0391. The molecule has 0 atom stereocenters. The third-order valence-corrected chi connectivity index (χ3v) is 5.55. The molecule has 1 aliphatic heterocycles. The van der Waals surface area contributed by atoms with E-state index in [0.717, 1.165) is 10.9 Å². The maximum Gasteiger partial charge on any atom is 0.339 e. The van der Waals surface area contributed by atoms with Crippen molar-refractivity contribution in [2.75, 3.05) is 38.2 Å². The van der Waals surface area contributed by atoms with Gasteiger partial charge in [-0.1, -0.05) is 0 Å². The molecule has 156 valence electrons. The van der Waals surface area contributed by atoms with Gasteiger partial charge in [0.1, 0.15) is 11.3 Å². The van der Waals surface area contributed by atoms with E-state index in [1.807, 2.05) is 24.0 Å². The molecule has 4 rings (SSSR count). The van der Waals surface area contributed by atoms with Crippen LogP contribution in [0.1, 0.15) is 17.5 Å². The lowest BCUT2D eigenvalue weighted by atomic mass is 10.0. The van der Waals surface area contributed by atoms with Crippen molar-refractivity contribution < 1.29 is 13.9 Å². The Bertz CT molecular complexity index is 1110. The Morgan fingerprint density at radius 3 is 2.60 bits per heavy atom. The molecule has 0 radical (unpaired) electrons. The Morgan fingerprint density at radius 2 is 1.90 bits per heavy atom. The van der Waals surface area contributed by atoms with Gasteiger partial charge in [0.25, 0.3) is 0 Å². The van der Waals surface area contributed by atoms with E-state index in [-0.39, 0.29) is 12.3 Å².